The van der Waals surface area contributed by atoms with Crippen LogP contribution in [-0.2, 0) is 9.53 Å². The number of carbonyl (C=O) groups excluding carboxylic acids is 1. The van der Waals surface area contributed by atoms with Crippen molar-refractivity contribution < 1.29 is 9.53 Å². The highest BCUT2D eigenvalue weighted by atomic mass is 32.2. The summed E-state index contributed by atoms with van der Waals surface area (Å²) in [5, 5.41) is 0.611. The summed E-state index contributed by atoms with van der Waals surface area (Å²) in [4.78, 5) is 12.0. The maximum atomic E-state index is 12.0. The molecule has 0 aliphatic heterocycles. The van der Waals surface area contributed by atoms with Gasteiger partial charge >= 0.3 is 5.97 Å². The van der Waals surface area contributed by atoms with Gasteiger partial charge in [0, 0.05) is 11.0 Å². The van der Waals surface area contributed by atoms with Crippen LogP contribution in [0.25, 0.3) is 0 Å². The molecule has 1 fully saturated rings. The zero-order valence-corrected chi connectivity index (χ0v) is 17.3. The minimum absolute atomic E-state index is 0.0138. The van der Waals surface area contributed by atoms with E-state index in [9.17, 15) is 4.79 Å². The molecule has 3 unspecified atom stereocenters. The van der Waals surface area contributed by atoms with Crippen molar-refractivity contribution in [2.75, 3.05) is 12.4 Å². The second-order valence-corrected chi connectivity index (χ2v) is 8.92. The average molecular weight is 355 g/mol. The number of carbonyl (C=O) groups is 1. The molecule has 140 valence electrons. The summed E-state index contributed by atoms with van der Waals surface area (Å²) in [6.07, 6.45) is 9.09. The molecule has 0 N–H and O–H groups in total. The molecule has 3 heteroatoms. The largest absolute Gasteiger partial charge is 0.465 e. The highest BCUT2D eigenvalue weighted by molar-refractivity contribution is 8.00. The van der Waals surface area contributed by atoms with E-state index in [0.717, 1.165) is 18.1 Å². The van der Waals surface area contributed by atoms with Gasteiger partial charge < -0.3 is 4.74 Å². The number of hydrogen-bond donors (Lipinski definition) is 0. The Kier molecular flexibility index (Phi) is 10.8. The first kappa shape index (κ1) is 21.6. The van der Waals surface area contributed by atoms with Crippen molar-refractivity contribution in [3.8, 4) is 0 Å². The molecule has 3 atom stereocenters. The zero-order chi connectivity index (χ0) is 17.9. The van der Waals surface area contributed by atoms with Crippen molar-refractivity contribution in [3.05, 3.63) is 11.1 Å². The van der Waals surface area contributed by atoms with E-state index in [1.165, 1.54) is 44.1 Å². The number of ether oxygens (including phenoxy) is 1. The minimum atomic E-state index is -0.0138. The van der Waals surface area contributed by atoms with E-state index in [1.807, 2.05) is 11.8 Å². The minimum Gasteiger partial charge on any atom is -0.465 e. The highest BCUT2D eigenvalue weighted by Crippen LogP contribution is 2.37. The predicted molar refractivity (Wildman–Crippen MR) is 107 cm³/mol. The highest BCUT2D eigenvalue weighted by Gasteiger charge is 2.24. The van der Waals surface area contributed by atoms with E-state index in [1.54, 1.807) is 5.57 Å². The Morgan fingerprint density at radius 3 is 2.71 bits per heavy atom. The molecule has 0 saturated heterocycles. The van der Waals surface area contributed by atoms with Crippen molar-refractivity contribution in [1.82, 2.24) is 0 Å². The monoisotopic (exact) mass is 354 g/mol. The molecule has 0 aromatic carbocycles. The molecular weight excluding hydrogens is 316 g/mol. The average Bonchev–Trinajstić information content (AvgIpc) is 2.55. The second kappa shape index (κ2) is 12.0. The van der Waals surface area contributed by atoms with Crippen LogP contribution in [0.15, 0.2) is 11.1 Å². The number of esters is 1. The standard InChI is InChI=1S/C21H38O2S/c1-6-8-9-18(7-2)15-23-21(22)12-13-24-20-14-17(5)10-11-19(20)16(3)4/h17-18,20H,6-15H2,1-5H3. The van der Waals surface area contributed by atoms with Gasteiger partial charge in [0.1, 0.15) is 0 Å². The lowest BCUT2D eigenvalue weighted by molar-refractivity contribution is -0.144. The molecule has 0 spiro atoms. The first-order chi connectivity index (χ1) is 11.5. The summed E-state index contributed by atoms with van der Waals surface area (Å²) in [6, 6.07) is 0. The normalized spacial score (nSPS) is 22.3. The second-order valence-electron chi connectivity index (χ2n) is 7.61. The zero-order valence-electron chi connectivity index (χ0n) is 16.5. The number of unbranched alkanes of at least 4 members (excludes halogenated alkanes) is 1. The van der Waals surface area contributed by atoms with E-state index in [4.69, 9.17) is 4.74 Å². The lowest BCUT2D eigenvalue weighted by atomic mass is 9.85. The van der Waals surface area contributed by atoms with E-state index >= 15 is 0 Å². The van der Waals surface area contributed by atoms with Crippen molar-refractivity contribution in [2.45, 2.75) is 91.2 Å². The fraction of sp³-hybridized carbons (Fsp3) is 0.857. The number of rotatable bonds is 10. The van der Waals surface area contributed by atoms with Gasteiger partial charge in [0.2, 0.25) is 0 Å². The lowest BCUT2D eigenvalue weighted by Crippen LogP contribution is -2.20. The Bertz CT molecular complexity index is 399. The van der Waals surface area contributed by atoms with Gasteiger partial charge in [0.25, 0.3) is 0 Å². The van der Waals surface area contributed by atoms with Crippen LogP contribution in [-0.4, -0.2) is 23.6 Å². The summed E-state index contributed by atoms with van der Waals surface area (Å²) >= 11 is 1.96. The van der Waals surface area contributed by atoms with Crippen LogP contribution >= 0.6 is 11.8 Å². The molecule has 1 saturated carbocycles. The smallest absolute Gasteiger partial charge is 0.306 e. The Morgan fingerprint density at radius 1 is 1.33 bits per heavy atom. The van der Waals surface area contributed by atoms with Gasteiger partial charge in [-0.2, -0.15) is 11.8 Å². The van der Waals surface area contributed by atoms with Gasteiger partial charge in [-0.25, -0.2) is 0 Å². The van der Waals surface area contributed by atoms with Gasteiger partial charge in [-0.05, 0) is 51.4 Å². The number of hydrogen-bond acceptors (Lipinski definition) is 3. The molecule has 1 rings (SSSR count). The fourth-order valence-corrected chi connectivity index (χ4v) is 4.98. The first-order valence-electron chi connectivity index (χ1n) is 9.91. The molecule has 1 aliphatic carbocycles. The quantitative estimate of drug-likeness (QED) is 0.335. The molecule has 0 heterocycles. The van der Waals surface area contributed by atoms with Gasteiger partial charge in [0.05, 0.1) is 13.0 Å². The van der Waals surface area contributed by atoms with Gasteiger partial charge in [-0.3, -0.25) is 4.79 Å². The van der Waals surface area contributed by atoms with Crippen molar-refractivity contribution in [1.29, 1.82) is 0 Å². The van der Waals surface area contributed by atoms with Crippen LogP contribution in [0, 0.1) is 11.8 Å². The van der Waals surface area contributed by atoms with E-state index in [-0.39, 0.29) is 5.97 Å². The van der Waals surface area contributed by atoms with Crippen molar-refractivity contribution in [3.63, 3.8) is 0 Å². The van der Waals surface area contributed by atoms with Crippen LogP contribution in [0.1, 0.15) is 86.0 Å². The lowest BCUT2D eigenvalue weighted by Gasteiger charge is -2.30. The van der Waals surface area contributed by atoms with Crippen LogP contribution in [0.2, 0.25) is 0 Å². The summed E-state index contributed by atoms with van der Waals surface area (Å²) in [5.74, 6) is 2.22. The molecular formula is C21H38O2S. The summed E-state index contributed by atoms with van der Waals surface area (Å²) < 4.78 is 5.51. The maximum Gasteiger partial charge on any atom is 0.306 e. The Balaban J connectivity index is 2.30. The molecule has 0 radical (unpaired) electrons. The molecule has 0 bridgehead atoms. The van der Waals surface area contributed by atoms with E-state index in [2.05, 4.69) is 34.6 Å². The molecule has 0 aromatic rings. The number of allylic oxidation sites excluding steroid dienone is 1. The molecule has 2 nitrogen and oxygen atoms in total. The van der Waals surface area contributed by atoms with Crippen molar-refractivity contribution in [2.24, 2.45) is 11.8 Å². The Hall–Kier alpha value is -0.440. The molecule has 24 heavy (non-hydrogen) atoms. The Labute approximate surface area is 154 Å². The van der Waals surface area contributed by atoms with Crippen LogP contribution < -0.4 is 0 Å². The SMILES string of the molecule is CCCCC(CC)COC(=O)CCSC1CC(C)CCC1=C(C)C. The van der Waals surface area contributed by atoms with Gasteiger partial charge in [-0.15, -0.1) is 0 Å². The third-order valence-corrected chi connectivity index (χ3v) is 6.52. The Morgan fingerprint density at radius 2 is 2.08 bits per heavy atom. The topological polar surface area (TPSA) is 26.3 Å². The van der Waals surface area contributed by atoms with Gasteiger partial charge in [0.15, 0.2) is 0 Å². The predicted octanol–water partition coefficient (Wildman–Crippen LogP) is 6.39. The third kappa shape index (κ3) is 8.09. The maximum absolute atomic E-state index is 12.0. The van der Waals surface area contributed by atoms with Crippen LogP contribution in [0.5, 0.6) is 0 Å². The van der Waals surface area contributed by atoms with Gasteiger partial charge in [-0.1, -0.05) is 51.2 Å². The number of thioether (sulfide) groups is 1. The molecule has 1 aliphatic rings. The summed E-state index contributed by atoms with van der Waals surface area (Å²) in [6.45, 7) is 11.8. The molecule has 0 amide bonds. The summed E-state index contributed by atoms with van der Waals surface area (Å²) in [7, 11) is 0. The van der Waals surface area contributed by atoms with Crippen LogP contribution in [0.3, 0.4) is 0 Å². The van der Waals surface area contributed by atoms with E-state index < -0.39 is 0 Å². The fourth-order valence-electron chi connectivity index (χ4n) is 3.39. The summed E-state index contributed by atoms with van der Waals surface area (Å²) in [5.41, 5.74) is 3.10. The van der Waals surface area contributed by atoms with Crippen molar-refractivity contribution >= 4 is 17.7 Å². The third-order valence-electron chi connectivity index (χ3n) is 5.20. The van der Waals surface area contributed by atoms with Crippen LogP contribution in [0.4, 0.5) is 0 Å². The van der Waals surface area contributed by atoms with E-state index in [0.29, 0.717) is 24.2 Å². The molecule has 0 aromatic heterocycles. The first-order valence-corrected chi connectivity index (χ1v) is 11.0.